The van der Waals surface area contributed by atoms with Gasteiger partial charge in [-0.3, -0.25) is 4.79 Å². The molecule has 0 spiro atoms. The number of carbonyl (C=O) groups excluding carboxylic acids is 1. The first-order chi connectivity index (χ1) is 17.4. The number of nitrogens with zero attached hydrogens (tertiary/aromatic N) is 1. The van der Waals surface area contributed by atoms with Crippen molar-refractivity contribution in [2.45, 2.75) is 88.9 Å². The van der Waals surface area contributed by atoms with Crippen molar-refractivity contribution in [1.82, 2.24) is 0 Å². The molecule has 1 aliphatic carbocycles. The van der Waals surface area contributed by atoms with Gasteiger partial charge in [-0.1, -0.05) is 42.5 Å². The van der Waals surface area contributed by atoms with Crippen molar-refractivity contribution in [1.29, 1.82) is 0 Å². The molecule has 2 rings (SSSR count). The highest BCUT2D eigenvalue weighted by molar-refractivity contribution is 5.69. The van der Waals surface area contributed by atoms with Gasteiger partial charge in [0.25, 0.3) is 5.09 Å². The summed E-state index contributed by atoms with van der Waals surface area (Å²) in [4.78, 5) is 26.0. The Morgan fingerprint density at radius 1 is 1.06 bits per heavy atom. The molecule has 1 saturated carbocycles. The molecule has 0 amide bonds. The van der Waals surface area contributed by atoms with E-state index in [4.69, 9.17) is 4.74 Å². The standard InChI is InChI=1S/C27H41NO8/c29-22(15-14-21-10-4-3-5-11-21)16-17-24-23(25(30)20-26(24)31)12-6-1-2-7-13-27(32)35-18-8-9-19-36-28(33)34/h1,3-6,10-11,22-26,29-31H,2,7-9,12-20H2/b6-1-/t22?,23-,24-,25+,26-/m1/s1. The van der Waals surface area contributed by atoms with E-state index >= 15 is 0 Å². The molecule has 1 unspecified atom stereocenters. The zero-order valence-electron chi connectivity index (χ0n) is 21.0. The topological polar surface area (TPSA) is 139 Å². The molecule has 9 heteroatoms. The number of hydrogen-bond donors (Lipinski definition) is 3. The number of ether oxygens (including phenoxy) is 1. The summed E-state index contributed by atoms with van der Waals surface area (Å²) in [7, 11) is 0. The van der Waals surface area contributed by atoms with Gasteiger partial charge in [-0.15, -0.1) is 10.1 Å². The molecular formula is C27H41NO8. The van der Waals surface area contributed by atoms with E-state index in [-0.39, 0.29) is 31.0 Å². The number of esters is 1. The van der Waals surface area contributed by atoms with Crippen molar-refractivity contribution in [2.75, 3.05) is 13.2 Å². The second-order valence-corrected chi connectivity index (χ2v) is 9.54. The average Bonchev–Trinajstić information content (AvgIpc) is 3.12. The predicted molar refractivity (Wildman–Crippen MR) is 134 cm³/mol. The summed E-state index contributed by atoms with van der Waals surface area (Å²) >= 11 is 0. The maximum Gasteiger partial charge on any atom is 0.305 e. The van der Waals surface area contributed by atoms with Crippen molar-refractivity contribution in [2.24, 2.45) is 11.8 Å². The minimum atomic E-state index is -0.839. The first kappa shape index (κ1) is 29.7. The molecular weight excluding hydrogens is 466 g/mol. The van der Waals surface area contributed by atoms with Crippen LogP contribution in [0.4, 0.5) is 0 Å². The average molecular weight is 508 g/mol. The van der Waals surface area contributed by atoms with Gasteiger partial charge in [-0.05, 0) is 81.6 Å². The van der Waals surface area contributed by atoms with Crippen molar-refractivity contribution in [3.63, 3.8) is 0 Å². The molecule has 1 aliphatic rings. The number of hydrogen-bond acceptors (Lipinski definition) is 8. The van der Waals surface area contributed by atoms with Crippen LogP contribution in [0.1, 0.15) is 69.8 Å². The van der Waals surface area contributed by atoms with Crippen molar-refractivity contribution < 1.29 is 34.8 Å². The number of rotatable bonds is 18. The Hall–Kier alpha value is -2.49. The fourth-order valence-corrected chi connectivity index (χ4v) is 4.75. The SMILES string of the molecule is O=C(CCC/C=C\C[C@@H]1[C@@H](CCC(O)CCc2ccccc2)[C@H](O)C[C@@H]1O)OCCCCO[N+](=O)[O-]. The van der Waals surface area contributed by atoms with Crippen molar-refractivity contribution in [3.8, 4) is 0 Å². The zero-order valence-corrected chi connectivity index (χ0v) is 21.0. The lowest BCUT2D eigenvalue weighted by Crippen LogP contribution is -2.23. The molecule has 5 atom stereocenters. The quantitative estimate of drug-likeness (QED) is 0.0897. The van der Waals surface area contributed by atoms with Gasteiger partial charge in [0.05, 0.1) is 31.5 Å². The van der Waals surface area contributed by atoms with Crippen LogP contribution in [0.15, 0.2) is 42.5 Å². The van der Waals surface area contributed by atoms with E-state index in [1.807, 2.05) is 30.4 Å². The molecule has 0 heterocycles. The molecule has 1 aromatic carbocycles. The molecule has 1 aromatic rings. The molecule has 3 N–H and O–H groups in total. The normalized spacial score (nSPS) is 22.5. The molecule has 9 nitrogen and oxygen atoms in total. The van der Waals surface area contributed by atoms with Crippen LogP contribution >= 0.6 is 0 Å². The smallest absolute Gasteiger partial charge is 0.305 e. The maximum atomic E-state index is 11.7. The summed E-state index contributed by atoms with van der Waals surface area (Å²) in [5.74, 6) is -0.373. The van der Waals surface area contributed by atoms with Gasteiger partial charge in [0.1, 0.15) is 0 Å². The van der Waals surface area contributed by atoms with Gasteiger partial charge in [0.15, 0.2) is 0 Å². The van der Waals surface area contributed by atoms with E-state index in [1.54, 1.807) is 0 Å². The van der Waals surface area contributed by atoms with Crippen LogP contribution in [0.25, 0.3) is 0 Å². The molecule has 1 fully saturated rings. The summed E-state index contributed by atoms with van der Waals surface area (Å²) in [6.45, 7) is 0.220. The predicted octanol–water partition coefficient (Wildman–Crippen LogP) is 3.77. The second kappa shape index (κ2) is 17.1. The van der Waals surface area contributed by atoms with Crippen LogP contribution in [0.3, 0.4) is 0 Å². The van der Waals surface area contributed by atoms with Gasteiger partial charge in [-0.25, -0.2) is 0 Å². The highest BCUT2D eigenvalue weighted by Crippen LogP contribution is 2.38. The van der Waals surface area contributed by atoms with Gasteiger partial charge >= 0.3 is 5.97 Å². The van der Waals surface area contributed by atoms with E-state index in [0.717, 1.165) is 6.42 Å². The molecule has 202 valence electrons. The van der Waals surface area contributed by atoms with Gasteiger partial charge in [0, 0.05) is 6.42 Å². The number of benzene rings is 1. The van der Waals surface area contributed by atoms with Crippen LogP contribution in [0.2, 0.25) is 0 Å². The van der Waals surface area contributed by atoms with E-state index in [0.29, 0.717) is 64.2 Å². The number of aryl methyl sites for hydroxylation is 1. The van der Waals surface area contributed by atoms with E-state index in [9.17, 15) is 30.2 Å². The molecule has 0 bridgehead atoms. The third kappa shape index (κ3) is 12.0. The molecule has 0 saturated heterocycles. The van der Waals surface area contributed by atoms with Crippen molar-refractivity contribution >= 4 is 5.97 Å². The summed E-state index contributed by atoms with van der Waals surface area (Å²) < 4.78 is 5.10. The Labute approximate surface area is 213 Å². The fourth-order valence-electron chi connectivity index (χ4n) is 4.75. The number of allylic oxidation sites excluding steroid dienone is 2. The maximum absolute atomic E-state index is 11.7. The monoisotopic (exact) mass is 507 g/mol. The number of aliphatic hydroxyl groups excluding tert-OH is 3. The zero-order chi connectivity index (χ0) is 26.2. The Bertz CT molecular complexity index is 787. The summed E-state index contributed by atoms with van der Waals surface area (Å²) in [5, 5.41) is 40.5. The summed E-state index contributed by atoms with van der Waals surface area (Å²) in [5.41, 5.74) is 1.20. The van der Waals surface area contributed by atoms with Crippen LogP contribution in [-0.4, -0.2) is 57.9 Å². The molecule has 36 heavy (non-hydrogen) atoms. The minimum Gasteiger partial charge on any atom is -0.466 e. The van der Waals surface area contributed by atoms with Crippen LogP contribution in [0.5, 0.6) is 0 Å². The fraction of sp³-hybridized carbons (Fsp3) is 0.667. The van der Waals surface area contributed by atoms with Gasteiger partial charge in [0.2, 0.25) is 0 Å². The Morgan fingerprint density at radius 3 is 2.53 bits per heavy atom. The highest BCUT2D eigenvalue weighted by atomic mass is 16.9. The van der Waals surface area contributed by atoms with Crippen LogP contribution < -0.4 is 0 Å². The third-order valence-electron chi connectivity index (χ3n) is 6.79. The summed E-state index contributed by atoms with van der Waals surface area (Å²) in [6, 6.07) is 10.1. The Balaban J connectivity index is 1.60. The first-order valence-corrected chi connectivity index (χ1v) is 13.0. The van der Waals surface area contributed by atoms with Crippen LogP contribution in [-0.2, 0) is 20.8 Å². The largest absolute Gasteiger partial charge is 0.466 e. The number of aliphatic hydroxyl groups is 3. The van der Waals surface area contributed by atoms with Gasteiger partial charge in [-0.2, -0.15) is 0 Å². The van der Waals surface area contributed by atoms with Crippen LogP contribution in [0, 0.1) is 22.0 Å². The lowest BCUT2D eigenvalue weighted by molar-refractivity contribution is -0.757. The lowest BCUT2D eigenvalue weighted by Gasteiger charge is -2.23. The number of unbranched alkanes of at least 4 members (excludes halogenated alkanes) is 2. The second-order valence-electron chi connectivity index (χ2n) is 9.54. The molecule has 0 aliphatic heterocycles. The van der Waals surface area contributed by atoms with E-state index in [1.165, 1.54) is 5.56 Å². The Kier molecular flexibility index (Phi) is 14.1. The van der Waals surface area contributed by atoms with Crippen molar-refractivity contribution in [3.05, 3.63) is 58.2 Å². The summed E-state index contributed by atoms with van der Waals surface area (Å²) in [6.07, 6.45) is 8.87. The van der Waals surface area contributed by atoms with E-state index < -0.39 is 23.4 Å². The number of carbonyl (C=O) groups is 1. The first-order valence-electron chi connectivity index (χ1n) is 13.0. The third-order valence-corrected chi connectivity index (χ3v) is 6.79. The van der Waals surface area contributed by atoms with Gasteiger partial charge < -0.3 is 24.9 Å². The molecule has 0 aromatic heterocycles. The minimum absolute atomic E-state index is 0.00222. The Morgan fingerprint density at radius 2 is 1.78 bits per heavy atom. The lowest BCUT2D eigenvalue weighted by atomic mass is 9.85. The highest BCUT2D eigenvalue weighted by Gasteiger charge is 2.40. The molecule has 0 radical (unpaired) electrons. The van der Waals surface area contributed by atoms with E-state index in [2.05, 4.69) is 17.0 Å².